The molecule has 0 aromatic rings. The lowest BCUT2D eigenvalue weighted by molar-refractivity contribution is -0.143. The topological polar surface area (TPSA) is 139 Å². The van der Waals surface area contributed by atoms with Crippen LogP contribution < -0.4 is 10.6 Å². The van der Waals surface area contributed by atoms with Crippen LogP contribution in [0, 0.1) is 0 Å². The summed E-state index contributed by atoms with van der Waals surface area (Å²) in [5.74, 6) is -2.07. The highest BCUT2D eigenvalue weighted by Crippen LogP contribution is 2.11. The number of hydrogen-bond donors (Lipinski definition) is 3. The molecule has 1 aliphatic rings. The highest BCUT2D eigenvalue weighted by atomic mass is 32.2. The predicted molar refractivity (Wildman–Crippen MR) is 66.8 cm³/mol. The average Bonchev–Trinajstić information content (AvgIpc) is 2.26. The molecule has 0 aromatic heterocycles. The first kappa shape index (κ1) is 16.4. The molecule has 0 bridgehead atoms. The largest absolute Gasteiger partial charge is 0.480 e. The van der Waals surface area contributed by atoms with Crippen LogP contribution in [0.4, 0.5) is 4.79 Å². The van der Waals surface area contributed by atoms with E-state index in [1.807, 2.05) is 5.32 Å². The summed E-state index contributed by atoms with van der Waals surface area (Å²) in [6, 6.07) is -1.35. The molecular formula is C10H16N2O7S. The number of carbonyl (C=O) groups is 3. The zero-order valence-electron chi connectivity index (χ0n) is 10.6. The standard InChI is InChI=1S/C10H16N2O7S/c13-8(4-19-5-9(14)15)12-10(16)11-7-2-1-3-20(17,18)6-7/h7H,1-6H2,(H,14,15)(H2,11,12,13,16). The Kier molecular flexibility index (Phi) is 5.89. The third-order valence-corrected chi connectivity index (χ3v) is 4.33. The fourth-order valence-corrected chi connectivity index (χ4v) is 3.39. The zero-order valence-corrected chi connectivity index (χ0v) is 11.4. The Bertz CT molecular complexity index is 488. The van der Waals surface area contributed by atoms with Gasteiger partial charge in [0.2, 0.25) is 0 Å². The number of ether oxygens (including phenoxy) is 1. The van der Waals surface area contributed by atoms with Gasteiger partial charge >= 0.3 is 12.0 Å². The molecule has 114 valence electrons. The minimum Gasteiger partial charge on any atom is -0.480 e. The molecular weight excluding hydrogens is 292 g/mol. The van der Waals surface area contributed by atoms with E-state index in [9.17, 15) is 22.8 Å². The van der Waals surface area contributed by atoms with E-state index in [0.717, 1.165) is 0 Å². The summed E-state index contributed by atoms with van der Waals surface area (Å²) >= 11 is 0. The molecule has 1 fully saturated rings. The van der Waals surface area contributed by atoms with Crippen LogP contribution in [0.5, 0.6) is 0 Å². The summed E-state index contributed by atoms with van der Waals surface area (Å²) in [4.78, 5) is 32.7. The van der Waals surface area contributed by atoms with Crippen molar-refractivity contribution in [3.05, 3.63) is 0 Å². The van der Waals surface area contributed by atoms with Gasteiger partial charge in [-0.05, 0) is 12.8 Å². The third kappa shape index (κ3) is 6.48. The van der Waals surface area contributed by atoms with Crippen molar-refractivity contribution in [3.63, 3.8) is 0 Å². The lowest BCUT2D eigenvalue weighted by Gasteiger charge is -2.22. The first-order valence-corrected chi connectivity index (χ1v) is 7.71. The Morgan fingerprint density at radius 1 is 1.25 bits per heavy atom. The van der Waals surface area contributed by atoms with E-state index in [4.69, 9.17) is 5.11 Å². The number of carboxylic acids is 1. The molecule has 10 heteroatoms. The van der Waals surface area contributed by atoms with E-state index in [2.05, 4.69) is 10.1 Å². The molecule has 0 aliphatic carbocycles. The second-order valence-corrected chi connectivity index (χ2v) is 6.59. The average molecular weight is 308 g/mol. The summed E-state index contributed by atoms with van der Waals surface area (Å²) in [5.41, 5.74) is 0. The van der Waals surface area contributed by atoms with Crippen LogP contribution in [0.3, 0.4) is 0 Å². The van der Waals surface area contributed by atoms with Crippen molar-refractivity contribution >= 4 is 27.7 Å². The van der Waals surface area contributed by atoms with Crippen molar-refractivity contribution in [1.29, 1.82) is 0 Å². The Balaban J connectivity index is 2.29. The second kappa shape index (κ2) is 7.20. The van der Waals surface area contributed by atoms with E-state index in [0.29, 0.717) is 12.8 Å². The van der Waals surface area contributed by atoms with Gasteiger partial charge in [-0.25, -0.2) is 18.0 Å². The van der Waals surface area contributed by atoms with Gasteiger partial charge in [0.15, 0.2) is 9.84 Å². The van der Waals surface area contributed by atoms with Crippen LogP contribution in [0.1, 0.15) is 12.8 Å². The van der Waals surface area contributed by atoms with Crippen LogP contribution in [0.25, 0.3) is 0 Å². The lowest BCUT2D eigenvalue weighted by Crippen LogP contribution is -2.49. The van der Waals surface area contributed by atoms with E-state index in [1.54, 1.807) is 0 Å². The second-order valence-electron chi connectivity index (χ2n) is 4.36. The quantitative estimate of drug-likeness (QED) is 0.561. The van der Waals surface area contributed by atoms with Crippen molar-refractivity contribution < 1.29 is 32.6 Å². The van der Waals surface area contributed by atoms with Gasteiger partial charge in [-0.1, -0.05) is 0 Å². The van der Waals surface area contributed by atoms with Crippen molar-refractivity contribution in [2.75, 3.05) is 24.7 Å². The molecule has 1 rings (SSSR count). The number of nitrogens with one attached hydrogen (secondary N) is 2. The van der Waals surface area contributed by atoms with Crippen molar-refractivity contribution in [2.45, 2.75) is 18.9 Å². The maximum atomic E-state index is 11.4. The summed E-state index contributed by atoms with van der Waals surface area (Å²) < 4.78 is 27.2. The number of carbonyl (C=O) groups excluding carboxylic acids is 2. The van der Waals surface area contributed by atoms with Gasteiger partial charge in [-0.15, -0.1) is 0 Å². The maximum absolute atomic E-state index is 11.4. The predicted octanol–water partition coefficient (Wildman–Crippen LogP) is -1.51. The van der Waals surface area contributed by atoms with E-state index in [1.165, 1.54) is 0 Å². The van der Waals surface area contributed by atoms with Gasteiger partial charge in [0.25, 0.3) is 5.91 Å². The van der Waals surface area contributed by atoms with Gasteiger partial charge in [0.1, 0.15) is 13.2 Å². The molecule has 1 aliphatic heterocycles. The Morgan fingerprint density at radius 2 is 1.95 bits per heavy atom. The van der Waals surface area contributed by atoms with E-state index < -0.39 is 47.0 Å². The fraction of sp³-hybridized carbons (Fsp3) is 0.700. The van der Waals surface area contributed by atoms with Crippen molar-refractivity contribution in [3.8, 4) is 0 Å². The number of sulfone groups is 1. The molecule has 3 N–H and O–H groups in total. The SMILES string of the molecule is O=C(O)COCC(=O)NC(=O)NC1CCCS(=O)(=O)C1. The minimum absolute atomic E-state index is 0.106. The number of hydrogen-bond acceptors (Lipinski definition) is 6. The Labute approximate surface area is 115 Å². The Hall–Kier alpha value is -1.68. The molecule has 9 nitrogen and oxygen atoms in total. The summed E-state index contributed by atoms with van der Waals surface area (Å²) in [7, 11) is -3.15. The maximum Gasteiger partial charge on any atom is 0.329 e. The first-order chi connectivity index (χ1) is 9.28. The number of amides is 3. The lowest BCUT2D eigenvalue weighted by atomic mass is 10.2. The van der Waals surface area contributed by atoms with Gasteiger partial charge < -0.3 is 15.2 Å². The molecule has 3 amide bonds. The number of rotatable bonds is 5. The number of urea groups is 1. The zero-order chi connectivity index (χ0) is 15.2. The van der Waals surface area contributed by atoms with E-state index in [-0.39, 0.29) is 11.5 Å². The van der Waals surface area contributed by atoms with Crippen LogP contribution in [-0.4, -0.2) is 62.2 Å². The third-order valence-electron chi connectivity index (χ3n) is 2.51. The summed E-state index contributed by atoms with van der Waals surface area (Å²) in [6.07, 6.45) is 0.985. The molecule has 1 heterocycles. The van der Waals surface area contributed by atoms with Gasteiger partial charge in [-0.2, -0.15) is 0 Å². The highest BCUT2D eigenvalue weighted by Gasteiger charge is 2.26. The first-order valence-electron chi connectivity index (χ1n) is 5.89. The van der Waals surface area contributed by atoms with Crippen LogP contribution in [-0.2, 0) is 24.2 Å². The van der Waals surface area contributed by atoms with Gasteiger partial charge in [0, 0.05) is 6.04 Å². The van der Waals surface area contributed by atoms with Crippen LogP contribution >= 0.6 is 0 Å². The van der Waals surface area contributed by atoms with E-state index >= 15 is 0 Å². The van der Waals surface area contributed by atoms with Gasteiger partial charge in [-0.3, -0.25) is 10.1 Å². The molecule has 1 saturated heterocycles. The van der Waals surface area contributed by atoms with Gasteiger partial charge in [0.05, 0.1) is 11.5 Å². The summed E-state index contributed by atoms with van der Waals surface area (Å²) in [5, 5.41) is 12.6. The smallest absolute Gasteiger partial charge is 0.329 e. The number of carboxylic acid groups (broad SMARTS) is 1. The molecule has 1 atom stereocenters. The molecule has 20 heavy (non-hydrogen) atoms. The van der Waals surface area contributed by atoms with Crippen LogP contribution in [0.2, 0.25) is 0 Å². The van der Waals surface area contributed by atoms with Crippen LogP contribution in [0.15, 0.2) is 0 Å². The minimum atomic E-state index is -3.15. The fourth-order valence-electron chi connectivity index (χ4n) is 1.75. The molecule has 0 radical (unpaired) electrons. The normalized spacial score (nSPS) is 20.9. The highest BCUT2D eigenvalue weighted by molar-refractivity contribution is 7.91. The number of aliphatic carboxylic acids is 1. The van der Waals surface area contributed by atoms with Crippen molar-refractivity contribution in [1.82, 2.24) is 10.6 Å². The number of imide groups is 1. The summed E-state index contributed by atoms with van der Waals surface area (Å²) in [6.45, 7) is -1.21. The Morgan fingerprint density at radius 3 is 2.55 bits per heavy atom. The van der Waals surface area contributed by atoms with Crippen molar-refractivity contribution in [2.24, 2.45) is 0 Å². The molecule has 0 spiro atoms. The molecule has 0 saturated carbocycles. The molecule has 0 aromatic carbocycles. The monoisotopic (exact) mass is 308 g/mol. The molecule has 1 unspecified atom stereocenters.